The Morgan fingerprint density at radius 1 is 1.22 bits per heavy atom. The van der Waals surface area contributed by atoms with Gasteiger partial charge in [-0.2, -0.15) is 0 Å². The molecule has 1 aromatic carbocycles. The van der Waals surface area contributed by atoms with E-state index in [4.69, 9.17) is 9.94 Å². The van der Waals surface area contributed by atoms with Gasteiger partial charge in [0.25, 0.3) is 0 Å². The van der Waals surface area contributed by atoms with Crippen LogP contribution in [0.2, 0.25) is 0 Å². The molecule has 98 valence electrons. The Balaban J connectivity index is 2.14. The van der Waals surface area contributed by atoms with Gasteiger partial charge in [0.2, 0.25) is 0 Å². The van der Waals surface area contributed by atoms with Crippen molar-refractivity contribution in [2.45, 2.75) is 13.8 Å². The minimum absolute atomic E-state index is 0.212. The van der Waals surface area contributed by atoms with E-state index in [1.165, 1.54) is 5.69 Å². The molecule has 1 saturated heterocycles. The molecule has 1 heterocycles. The fraction of sp³-hybridized carbons (Fsp3) is 0.500. The molecule has 1 aromatic rings. The van der Waals surface area contributed by atoms with E-state index in [1.807, 2.05) is 26.0 Å². The maximum absolute atomic E-state index is 9.03. The van der Waals surface area contributed by atoms with E-state index in [0.29, 0.717) is 0 Å². The predicted octanol–water partition coefficient (Wildman–Crippen LogP) is 2.36. The van der Waals surface area contributed by atoms with Crippen LogP contribution in [0.4, 0.5) is 5.69 Å². The second kappa shape index (κ2) is 5.87. The lowest BCUT2D eigenvalue weighted by Crippen LogP contribution is -2.36. The molecule has 0 aromatic heterocycles. The number of morpholine rings is 1. The summed E-state index contributed by atoms with van der Waals surface area (Å²) in [6.45, 7) is 7.49. The number of ether oxygens (including phenoxy) is 1. The third kappa shape index (κ3) is 2.82. The fourth-order valence-corrected chi connectivity index (χ4v) is 2.17. The number of hydrogen-bond acceptors (Lipinski definition) is 4. The quantitative estimate of drug-likeness (QED) is 0.507. The van der Waals surface area contributed by atoms with E-state index in [0.717, 1.165) is 37.6 Å². The molecule has 4 nitrogen and oxygen atoms in total. The molecule has 0 spiro atoms. The van der Waals surface area contributed by atoms with Gasteiger partial charge in [-0.1, -0.05) is 31.1 Å². The Hall–Kier alpha value is -1.55. The van der Waals surface area contributed by atoms with Crippen LogP contribution in [-0.4, -0.2) is 37.2 Å². The first-order valence-electron chi connectivity index (χ1n) is 6.37. The van der Waals surface area contributed by atoms with E-state index in [2.05, 4.69) is 22.2 Å². The molecule has 0 bridgehead atoms. The van der Waals surface area contributed by atoms with Crippen LogP contribution in [0.15, 0.2) is 29.4 Å². The van der Waals surface area contributed by atoms with Gasteiger partial charge in [-0.15, -0.1) is 0 Å². The first-order chi connectivity index (χ1) is 8.72. The first-order valence-corrected chi connectivity index (χ1v) is 6.37. The van der Waals surface area contributed by atoms with Crippen LogP contribution in [-0.2, 0) is 4.74 Å². The maximum Gasteiger partial charge on any atom is 0.0893 e. The lowest BCUT2D eigenvalue weighted by atomic mass is 10.00. The second-order valence-corrected chi connectivity index (χ2v) is 4.79. The van der Waals surface area contributed by atoms with Gasteiger partial charge in [-0.3, -0.25) is 0 Å². The summed E-state index contributed by atoms with van der Waals surface area (Å²) in [6, 6.07) is 8.18. The lowest BCUT2D eigenvalue weighted by molar-refractivity contribution is 0.122. The van der Waals surface area contributed by atoms with Crippen molar-refractivity contribution in [1.82, 2.24) is 0 Å². The zero-order chi connectivity index (χ0) is 13.0. The van der Waals surface area contributed by atoms with Crippen molar-refractivity contribution in [2.24, 2.45) is 11.1 Å². The summed E-state index contributed by atoms with van der Waals surface area (Å²) in [7, 11) is 0. The molecule has 18 heavy (non-hydrogen) atoms. The van der Waals surface area contributed by atoms with Crippen LogP contribution in [0, 0.1) is 5.92 Å². The Morgan fingerprint density at radius 2 is 1.83 bits per heavy atom. The topological polar surface area (TPSA) is 45.1 Å². The summed E-state index contributed by atoms with van der Waals surface area (Å²) in [4.78, 5) is 2.30. The highest BCUT2D eigenvalue weighted by Gasteiger charge is 2.13. The van der Waals surface area contributed by atoms with E-state index < -0.39 is 0 Å². The van der Waals surface area contributed by atoms with Crippen LogP contribution in [0.1, 0.15) is 19.4 Å². The lowest BCUT2D eigenvalue weighted by Gasteiger charge is -2.29. The van der Waals surface area contributed by atoms with Crippen molar-refractivity contribution in [3.05, 3.63) is 29.8 Å². The smallest absolute Gasteiger partial charge is 0.0893 e. The second-order valence-electron chi connectivity index (χ2n) is 4.79. The molecule has 1 N–H and O–H groups in total. The fourth-order valence-electron chi connectivity index (χ4n) is 2.17. The number of rotatable bonds is 3. The number of nitrogens with zero attached hydrogens (tertiary/aromatic N) is 2. The Bertz CT molecular complexity index is 406. The predicted molar refractivity (Wildman–Crippen MR) is 72.6 cm³/mol. The monoisotopic (exact) mass is 248 g/mol. The molecule has 2 rings (SSSR count). The molecule has 1 aliphatic rings. The van der Waals surface area contributed by atoms with E-state index >= 15 is 0 Å². The number of oxime groups is 1. The standard InChI is InChI=1S/C14H20N2O2/c1-11(2)14(15-17)12-3-5-13(6-4-12)16-7-9-18-10-8-16/h3-6,11,17H,7-10H2,1-2H3. The Morgan fingerprint density at radius 3 is 2.33 bits per heavy atom. The van der Waals surface area contributed by atoms with Crippen LogP contribution < -0.4 is 4.90 Å². The molecular weight excluding hydrogens is 228 g/mol. The van der Waals surface area contributed by atoms with Crippen LogP contribution in [0.25, 0.3) is 0 Å². The van der Waals surface area contributed by atoms with Crippen molar-refractivity contribution in [3.63, 3.8) is 0 Å². The van der Waals surface area contributed by atoms with Gasteiger partial charge < -0.3 is 14.8 Å². The zero-order valence-electron chi connectivity index (χ0n) is 11.0. The summed E-state index contributed by atoms with van der Waals surface area (Å²) >= 11 is 0. The third-order valence-corrected chi connectivity index (χ3v) is 3.19. The van der Waals surface area contributed by atoms with Crippen molar-refractivity contribution in [1.29, 1.82) is 0 Å². The summed E-state index contributed by atoms with van der Waals surface area (Å²) in [5.41, 5.74) is 2.90. The summed E-state index contributed by atoms with van der Waals surface area (Å²) in [5.74, 6) is 0.212. The molecule has 1 fully saturated rings. The Labute approximate surface area is 108 Å². The molecule has 0 radical (unpaired) electrons. The minimum atomic E-state index is 0.212. The van der Waals surface area contributed by atoms with E-state index in [-0.39, 0.29) is 5.92 Å². The summed E-state index contributed by atoms with van der Waals surface area (Å²) < 4.78 is 5.34. The zero-order valence-corrected chi connectivity index (χ0v) is 11.0. The van der Waals surface area contributed by atoms with Crippen molar-refractivity contribution >= 4 is 11.4 Å². The average molecular weight is 248 g/mol. The molecule has 0 aliphatic carbocycles. The van der Waals surface area contributed by atoms with Crippen molar-refractivity contribution < 1.29 is 9.94 Å². The first kappa shape index (κ1) is 12.9. The summed E-state index contributed by atoms with van der Waals surface area (Å²) in [6.07, 6.45) is 0. The highest BCUT2D eigenvalue weighted by Crippen LogP contribution is 2.18. The van der Waals surface area contributed by atoms with Gasteiger partial charge in [-0.05, 0) is 23.6 Å². The van der Waals surface area contributed by atoms with Crippen LogP contribution in [0.5, 0.6) is 0 Å². The normalized spacial score (nSPS) is 17.3. The SMILES string of the molecule is CC(C)C(=NO)c1ccc(N2CCOCC2)cc1. The Kier molecular flexibility index (Phi) is 4.20. The number of benzene rings is 1. The van der Waals surface area contributed by atoms with E-state index in [1.54, 1.807) is 0 Å². The molecule has 1 aliphatic heterocycles. The van der Waals surface area contributed by atoms with Gasteiger partial charge in [-0.25, -0.2) is 0 Å². The molecule has 0 unspecified atom stereocenters. The van der Waals surface area contributed by atoms with Crippen molar-refractivity contribution in [3.8, 4) is 0 Å². The largest absolute Gasteiger partial charge is 0.411 e. The average Bonchev–Trinajstić information content (AvgIpc) is 2.41. The van der Waals surface area contributed by atoms with Gasteiger partial charge in [0.1, 0.15) is 0 Å². The third-order valence-electron chi connectivity index (χ3n) is 3.19. The molecular formula is C14H20N2O2. The molecule has 0 saturated carbocycles. The minimum Gasteiger partial charge on any atom is -0.411 e. The molecule has 0 amide bonds. The highest BCUT2D eigenvalue weighted by atomic mass is 16.5. The molecule has 4 heteroatoms. The van der Waals surface area contributed by atoms with E-state index in [9.17, 15) is 0 Å². The number of hydrogen-bond donors (Lipinski definition) is 1. The summed E-state index contributed by atoms with van der Waals surface area (Å²) in [5, 5.41) is 12.4. The van der Waals surface area contributed by atoms with Crippen LogP contribution >= 0.6 is 0 Å². The van der Waals surface area contributed by atoms with Crippen LogP contribution in [0.3, 0.4) is 0 Å². The van der Waals surface area contributed by atoms with Gasteiger partial charge in [0.05, 0.1) is 18.9 Å². The maximum atomic E-state index is 9.03. The van der Waals surface area contributed by atoms with Crippen molar-refractivity contribution in [2.75, 3.05) is 31.2 Å². The van der Waals surface area contributed by atoms with Gasteiger partial charge in [0.15, 0.2) is 0 Å². The highest BCUT2D eigenvalue weighted by molar-refractivity contribution is 6.01. The molecule has 0 atom stereocenters. The van der Waals surface area contributed by atoms with Gasteiger partial charge >= 0.3 is 0 Å². The number of anilines is 1. The van der Waals surface area contributed by atoms with Gasteiger partial charge in [0, 0.05) is 18.8 Å².